The van der Waals surface area contributed by atoms with Gasteiger partial charge in [0.25, 0.3) is 5.91 Å². The van der Waals surface area contributed by atoms with E-state index in [0.29, 0.717) is 5.69 Å². The molecule has 6 N–H and O–H groups in total. The number of nitrogens with one attached hydrogen (secondary N) is 1. The molecular formula is C9H13KN2O9P2. The summed E-state index contributed by atoms with van der Waals surface area (Å²) in [6.45, 7) is -0.821. The Morgan fingerprint density at radius 1 is 1.13 bits per heavy atom. The third-order valence-corrected chi connectivity index (χ3v) is 4.10. The van der Waals surface area contributed by atoms with Crippen LogP contribution in [-0.2, 0) is 22.8 Å². The van der Waals surface area contributed by atoms with Crippen LogP contribution in [0.5, 0.6) is 0 Å². The van der Waals surface area contributed by atoms with Crippen LogP contribution in [0.15, 0.2) is 24.3 Å². The molecule has 0 aliphatic carbocycles. The number of rotatable bonds is 6. The van der Waals surface area contributed by atoms with Crippen molar-refractivity contribution in [3.05, 3.63) is 29.8 Å². The monoisotopic (exact) mass is 394 g/mol. The van der Waals surface area contributed by atoms with Crippen molar-refractivity contribution < 1.29 is 42.2 Å². The topological polar surface area (TPSA) is 185 Å². The van der Waals surface area contributed by atoms with Crippen molar-refractivity contribution >= 4 is 84.6 Å². The van der Waals surface area contributed by atoms with Crippen LogP contribution < -0.4 is 11.1 Å². The number of hydrogen-bond donors (Lipinski definition) is 5. The third-order valence-electron chi connectivity index (χ3n) is 1.99. The number of nitrogen functional groups attached to an aromatic ring is 1. The van der Waals surface area contributed by atoms with Crippen LogP contribution in [0.25, 0.3) is 0 Å². The number of phosphoric acid groups is 2. The summed E-state index contributed by atoms with van der Waals surface area (Å²) in [5.41, 5.74) is 6.02. The number of carbonyl (C=O) groups excluding carboxylic acids is 2. The number of hydrogen-bond acceptors (Lipinski definition) is 7. The van der Waals surface area contributed by atoms with Crippen LogP contribution >= 0.6 is 15.6 Å². The molecular weight excluding hydrogens is 381 g/mol. The molecule has 11 nitrogen and oxygen atoms in total. The van der Waals surface area contributed by atoms with E-state index in [1.807, 2.05) is 0 Å². The summed E-state index contributed by atoms with van der Waals surface area (Å²) in [6.07, 6.45) is 0. The molecule has 124 valence electrons. The first-order chi connectivity index (χ1) is 9.98. The Labute approximate surface area is 172 Å². The van der Waals surface area contributed by atoms with Crippen LogP contribution in [0.3, 0.4) is 0 Å². The van der Waals surface area contributed by atoms with Gasteiger partial charge in [0.1, 0.15) is 6.54 Å². The fourth-order valence-corrected chi connectivity index (χ4v) is 2.73. The van der Waals surface area contributed by atoms with Crippen molar-refractivity contribution in [1.29, 1.82) is 0 Å². The molecule has 1 unspecified atom stereocenters. The zero-order chi connectivity index (χ0) is 17.0. The molecule has 0 aromatic heterocycles. The first-order valence-electron chi connectivity index (χ1n) is 5.44. The Morgan fingerprint density at radius 2 is 1.65 bits per heavy atom. The van der Waals surface area contributed by atoms with Gasteiger partial charge in [-0.15, -0.1) is 0 Å². The number of phosphoric ester groups is 1. The van der Waals surface area contributed by atoms with Gasteiger partial charge in [0.05, 0.1) is 0 Å². The standard InChI is InChI=1S/C9H12N2O9P2.K.H/c10-7-3-1-6(2-4-7)9(13)11-5-8(12)19-22(17,18)20-21(14,15)16;;/h1-4H,5,10H2,(H,11,13)(H,17,18)(H2,14,15,16);;. The number of anilines is 1. The predicted molar refractivity (Wildman–Crippen MR) is 79.4 cm³/mol. The van der Waals surface area contributed by atoms with Gasteiger partial charge in [-0.1, -0.05) is 0 Å². The molecule has 1 rings (SSSR count). The van der Waals surface area contributed by atoms with E-state index in [2.05, 4.69) is 14.2 Å². The normalized spacial score (nSPS) is 13.3. The molecule has 0 heterocycles. The van der Waals surface area contributed by atoms with Gasteiger partial charge in [0.2, 0.25) is 0 Å². The number of amides is 1. The van der Waals surface area contributed by atoms with Crippen LogP contribution in [0.2, 0.25) is 0 Å². The van der Waals surface area contributed by atoms with Gasteiger partial charge in [-0.25, -0.2) is 13.9 Å². The molecule has 0 radical (unpaired) electrons. The second kappa shape index (κ2) is 9.40. The predicted octanol–water partition coefficient (Wildman–Crippen LogP) is -0.897. The Bertz CT molecular complexity index is 659. The molecule has 0 aliphatic rings. The zero-order valence-electron chi connectivity index (χ0n) is 10.8. The van der Waals surface area contributed by atoms with E-state index >= 15 is 0 Å². The number of benzene rings is 1. The molecule has 0 saturated carbocycles. The molecule has 1 aromatic rings. The van der Waals surface area contributed by atoms with Crippen LogP contribution in [0, 0.1) is 0 Å². The van der Waals surface area contributed by atoms with Gasteiger partial charge in [0.15, 0.2) is 0 Å². The Morgan fingerprint density at radius 3 is 2.13 bits per heavy atom. The van der Waals surface area contributed by atoms with E-state index in [1.54, 1.807) is 0 Å². The van der Waals surface area contributed by atoms with Crippen molar-refractivity contribution in [2.45, 2.75) is 0 Å². The summed E-state index contributed by atoms with van der Waals surface area (Å²) in [6, 6.07) is 5.65. The van der Waals surface area contributed by atoms with Gasteiger partial charge >= 0.3 is 73.0 Å². The molecule has 0 saturated heterocycles. The third kappa shape index (κ3) is 9.70. The molecule has 0 spiro atoms. The van der Waals surface area contributed by atoms with E-state index in [1.165, 1.54) is 24.3 Å². The van der Waals surface area contributed by atoms with Crippen molar-refractivity contribution in [3.8, 4) is 0 Å². The zero-order valence-corrected chi connectivity index (χ0v) is 12.6. The molecule has 0 bridgehead atoms. The van der Waals surface area contributed by atoms with Crippen molar-refractivity contribution in [2.24, 2.45) is 0 Å². The fourth-order valence-electron chi connectivity index (χ4n) is 1.20. The van der Waals surface area contributed by atoms with E-state index in [0.717, 1.165) is 0 Å². The Hall–Kier alpha value is -0.104. The minimum atomic E-state index is -5.32. The summed E-state index contributed by atoms with van der Waals surface area (Å²) in [5, 5.41) is 2.07. The van der Waals surface area contributed by atoms with E-state index in [-0.39, 0.29) is 56.9 Å². The first-order valence-corrected chi connectivity index (χ1v) is 8.47. The molecule has 1 aromatic carbocycles. The fraction of sp³-hybridized carbons (Fsp3) is 0.111. The van der Waals surface area contributed by atoms with Crippen molar-refractivity contribution in [2.75, 3.05) is 12.3 Å². The number of nitrogens with two attached hydrogens (primary N) is 1. The van der Waals surface area contributed by atoms with Crippen molar-refractivity contribution in [1.82, 2.24) is 5.32 Å². The van der Waals surface area contributed by atoms with Crippen LogP contribution in [0.1, 0.15) is 10.4 Å². The molecule has 1 amide bonds. The quantitative estimate of drug-likeness (QED) is 0.230. The minimum absolute atomic E-state index is 0. The maximum atomic E-state index is 11.6. The van der Waals surface area contributed by atoms with Gasteiger partial charge < -0.3 is 25.4 Å². The Kier molecular flexibility index (Phi) is 9.36. The van der Waals surface area contributed by atoms with Gasteiger partial charge in [-0.05, 0) is 24.3 Å². The van der Waals surface area contributed by atoms with Gasteiger partial charge in [-0.3, -0.25) is 9.69 Å². The van der Waals surface area contributed by atoms with Crippen LogP contribution in [0.4, 0.5) is 5.69 Å². The second-order valence-electron chi connectivity index (χ2n) is 3.81. The average molecular weight is 394 g/mol. The summed E-state index contributed by atoms with van der Waals surface area (Å²) in [5.74, 6) is -2.12. The molecule has 14 heteroatoms. The summed E-state index contributed by atoms with van der Waals surface area (Å²) in [7, 11) is -10.6. The van der Waals surface area contributed by atoms with Crippen molar-refractivity contribution in [3.63, 3.8) is 0 Å². The van der Waals surface area contributed by atoms with E-state index in [4.69, 9.17) is 20.4 Å². The Balaban J connectivity index is 0.00000484. The first kappa shape index (κ1) is 22.9. The second-order valence-corrected chi connectivity index (χ2v) is 6.56. The number of carbonyl (C=O) groups is 2. The molecule has 23 heavy (non-hydrogen) atoms. The maximum absolute atomic E-state index is 11.6. The van der Waals surface area contributed by atoms with Gasteiger partial charge in [0, 0.05) is 11.3 Å². The molecule has 0 fully saturated rings. The van der Waals surface area contributed by atoms with Gasteiger partial charge in [-0.2, -0.15) is 4.31 Å². The average Bonchev–Trinajstić information content (AvgIpc) is 2.33. The SMILES string of the molecule is Nc1ccc(C(=O)NCC(=O)OP(=O)(O)OP(=O)(O)O)cc1.[KH]. The van der Waals surface area contributed by atoms with Crippen LogP contribution in [-0.4, -0.2) is 84.5 Å². The van der Waals surface area contributed by atoms with E-state index < -0.39 is 34.1 Å². The molecule has 1 atom stereocenters. The molecule has 0 aliphatic heterocycles. The summed E-state index contributed by atoms with van der Waals surface area (Å²) >= 11 is 0. The summed E-state index contributed by atoms with van der Waals surface area (Å²) in [4.78, 5) is 48.4. The summed E-state index contributed by atoms with van der Waals surface area (Å²) < 4.78 is 28.7. The van der Waals surface area contributed by atoms with E-state index in [9.17, 15) is 18.7 Å².